The SMILES string of the molecule is COc1ccc(OC)c(CNc2nc(N3CCCC3)nc3ccccc23)c1. The lowest BCUT2D eigenvalue weighted by Crippen LogP contribution is -2.21. The van der Waals surface area contributed by atoms with Crippen LogP contribution in [-0.4, -0.2) is 37.3 Å². The molecule has 27 heavy (non-hydrogen) atoms. The molecule has 1 aliphatic heterocycles. The quantitative estimate of drug-likeness (QED) is 0.717. The average molecular weight is 364 g/mol. The van der Waals surface area contributed by atoms with Crippen molar-refractivity contribution in [2.45, 2.75) is 19.4 Å². The number of nitrogens with one attached hydrogen (secondary N) is 1. The summed E-state index contributed by atoms with van der Waals surface area (Å²) in [6.07, 6.45) is 2.39. The Labute approximate surface area is 159 Å². The summed E-state index contributed by atoms with van der Waals surface area (Å²) in [6.45, 7) is 2.61. The molecule has 1 N–H and O–H groups in total. The van der Waals surface area contributed by atoms with E-state index in [-0.39, 0.29) is 0 Å². The summed E-state index contributed by atoms with van der Waals surface area (Å²) >= 11 is 0. The first-order valence-corrected chi connectivity index (χ1v) is 9.25. The van der Waals surface area contributed by atoms with Crippen LogP contribution in [0.1, 0.15) is 18.4 Å². The first kappa shape index (κ1) is 17.4. The van der Waals surface area contributed by atoms with Crippen molar-refractivity contribution in [1.82, 2.24) is 9.97 Å². The molecule has 2 aromatic carbocycles. The summed E-state index contributed by atoms with van der Waals surface area (Å²) in [5.74, 6) is 3.26. The van der Waals surface area contributed by atoms with E-state index in [1.54, 1.807) is 14.2 Å². The van der Waals surface area contributed by atoms with Gasteiger partial charge >= 0.3 is 0 Å². The molecule has 6 heteroatoms. The molecule has 1 aliphatic rings. The molecule has 3 aromatic rings. The molecule has 140 valence electrons. The lowest BCUT2D eigenvalue weighted by molar-refractivity contribution is 0.399. The van der Waals surface area contributed by atoms with E-state index in [0.29, 0.717) is 6.54 Å². The van der Waals surface area contributed by atoms with Gasteiger partial charge in [0.2, 0.25) is 5.95 Å². The minimum absolute atomic E-state index is 0.584. The van der Waals surface area contributed by atoms with Gasteiger partial charge in [-0.25, -0.2) is 4.98 Å². The lowest BCUT2D eigenvalue weighted by Gasteiger charge is -2.18. The number of anilines is 2. The van der Waals surface area contributed by atoms with E-state index in [2.05, 4.69) is 10.2 Å². The summed E-state index contributed by atoms with van der Waals surface area (Å²) in [7, 11) is 3.34. The van der Waals surface area contributed by atoms with E-state index in [1.165, 1.54) is 12.8 Å². The van der Waals surface area contributed by atoms with Gasteiger partial charge < -0.3 is 19.7 Å². The van der Waals surface area contributed by atoms with E-state index in [4.69, 9.17) is 19.4 Å². The largest absolute Gasteiger partial charge is 0.497 e. The van der Waals surface area contributed by atoms with Crippen molar-refractivity contribution in [1.29, 1.82) is 0 Å². The number of ether oxygens (including phenoxy) is 2. The van der Waals surface area contributed by atoms with Gasteiger partial charge in [-0.2, -0.15) is 4.98 Å². The van der Waals surface area contributed by atoms with Crippen molar-refractivity contribution in [3.05, 3.63) is 48.0 Å². The summed E-state index contributed by atoms with van der Waals surface area (Å²) in [5.41, 5.74) is 1.97. The average Bonchev–Trinajstić information content (AvgIpc) is 3.26. The molecular formula is C21H24N4O2. The predicted molar refractivity (Wildman–Crippen MR) is 108 cm³/mol. The fraction of sp³-hybridized carbons (Fsp3) is 0.333. The third kappa shape index (κ3) is 3.60. The molecule has 0 aliphatic carbocycles. The van der Waals surface area contributed by atoms with Gasteiger partial charge in [0.1, 0.15) is 17.3 Å². The topological polar surface area (TPSA) is 59.5 Å². The number of fused-ring (bicyclic) bond motifs is 1. The van der Waals surface area contributed by atoms with Crippen molar-refractivity contribution in [2.75, 3.05) is 37.5 Å². The number of nitrogens with zero attached hydrogens (tertiary/aromatic N) is 3. The minimum Gasteiger partial charge on any atom is -0.497 e. The molecule has 0 radical (unpaired) electrons. The van der Waals surface area contributed by atoms with E-state index in [9.17, 15) is 0 Å². The number of hydrogen-bond donors (Lipinski definition) is 1. The van der Waals surface area contributed by atoms with Gasteiger partial charge in [-0.05, 0) is 43.2 Å². The Kier molecular flexibility index (Phi) is 4.96. The maximum Gasteiger partial charge on any atom is 0.227 e. The first-order valence-electron chi connectivity index (χ1n) is 9.25. The zero-order valence-electron chi connectivity index (χ0n) is 15.7. The van der Waals surface area contributed by atoms with Crippen LogP contribution in [0.4, 0.5) is 11.8 Å². The van der Waals surface area contributed by atoms with Gasteiger partial charge in [-0.1, -0.05) is 12.1 Å². The molecule has 0 saturated carbocycles. The van der Waals surface area contributed by atoms with Gasteiger partial charge in [0.05, 0.1) is 19.7 Å². The summed E-state index contributed by atoms with van der Waals surface area (Å²) in [4.78, 5) is 11.8. The number of rotatable bonds is 6. The molecule has 1 fully saturated rings. The number of benzene rings is 2. The Morgan fingerprint density at radius 2 is 1.81 bits per heavy atom. The molecule has 1 saturated heterocycles. The van der Waals surface area contributed by atoms with Crippen LogP contribution < -0.4 is 19.7 Å². The van der Waals surface area contributed by atoms with Crippen molar-refractivity contribution >= 4 is 22.7 Å². The third-order valence-electron chi connectivity index (χ3n) is 4.91. The van der Waals surface area contributed by atoms with E-state index in [0.717, 1.165) is 52.8 Å². The monoisotopic (exact) mass is 364 g/mol. The van der Waals surface area contributed by atoms with Crippen molar-refractivity contribution in [3.63, 3.8) is 0 Å². The zero-order valence-corrected chi connectivity index (χ0v) is 15.7. The highest BCUT2D eigenvalue weighted by Gasteiger charge is 2.17. The van der Waals surface area contributed by atoms with Crippen molar-refractivity contribution < 1.29 is 9.47 Å². The Hall–Kier alpha value is -3.02. The predicted octanol–water partition coefficient (Wildman–Crippen LogP) is 3.86. The van der Waals surface area contributed by atoms with Crippen LogP contribution in [0.2, 0.25) is 0 Å². The smallest absolute Gasteiger partial charge is 0.227 e. The molecule has 0 atom stereocenters. The number of hydrogen-bond acceptors (Lipinski definition) is 6. The maximum atomic E-state index is 5.49. The molecular weight excluding hydrogens is 340 g/mol. The second-order valence-electron chi connectivity index (χ2n) is 6.61. The van der Waals surface area contributed by atoms with Gasteiger partial charge in [-0.15, -0.1) is 0 Å². The fourth-order valence-corrected chi connectivity index (χ4v) is 3.46. The Balaban J connectivity index is 1.67. The second kappa shape index (κ2) is 7.70. The Bertz CT molecular complexity index is 939. The molecule has 6 nitrogen and oxygen atoms in total. The van der Waals surface area contributed by atoms with Gasteiger partial charge in [-0.3, -0.25) is 0 Å². The second-order valence-corrected chi connectivity index (χ2v) is 6.61. The first-order chi connectivity index (χ1) is 13.3. The van der Waals surface area contributed by atoms with Gasteiger partial charge in [0, 0.05) is 30.6 Å². The maximum absolute atomic E-state index is 5.49. The van der Waals surface area contributed by atoms with E-state index in [1.807, 2.05) is 42.5 Å². The fourth-order valence-electron chi connectivity index (χ4n) is 3.46. The number of aromatic nitrogens is 2. The number of para-hydroxylation sites is 1. The standard InChI is InChI=1S/C21H24N4O2/c1-26-16-9-10-19(27-2)15(13-16)14-22-20-17-7-3-4-8-18(17)23-21(24-20)25-11-5-6-12-25/h3-4,7-10,13H,5-6,11-12,14H2,1-2H3,(H,22,23,24). The van der Waals surface area contributed by atoms with Crippen LogP contribution in [0, 0.1) is 0 Å². The molecule has 2 heterocycles. The molecule has 0 bridgehead atoms. The summed E-state index contributed by atoms with van der Waals surface area (Å²) in [6, 6.07) is 13.9. The molecule has 0 unspecified atom stereocenters. The van der Waals surface area contributed by atoms with Crippen LogP contribution in [0.15, 0.2) is 42.5 Å². The van der Waals surface area contributed by atoms with E-state index < -0.39 is 0 Å². The highest BCUT2D eigenvalue weighted by atomic mass is 16.5. The highest BCUT2D eigenvalue weighted by Crippen LogP contribution is 2.28. The van der Waals surface area contributed by atoms with Crippen LogP contribution in [-0.2, 0) is 6.54 Å². The minimum atomic E-state index is 0.584. The van der Waals surface area contributed by atoms with Gasteiger partial charge in [0.25, 0.3) is 0 Å². The van der Waals surface area contributed by atoms with Crippen LogP contribution in [0.3, 0.4) is 0 Å². The van der Waals surface area contributed by atoms with Crippen molar-refractivity contribution in [2.24, 2.45) is 0 Å². The summed E-state index contributed by atoms with van der Waals surface area (Å²) in [5, 5.41) is 4.50. The van der Waals surface area contributed by atoms with E-state index >= 15 is 0 Å². The van der Waals surface area contributed by atoms with Crippen LogP contribution in [0.5, 0.6) is 11.5 Å². The Morgan fingerprint density at radius 3 is 2.59 bits per heavy atom. The lowest BCUT2D eigenvalue weighted by atomic mass is 10.1. The summed E-state index contributed by atoms with van der Waals surface area (Å²) < 4.78 is 10.8. The Morgan fingerprint density at radius 1 is 1.00 bits per heavy atom. The van der Waals surface area contributed by atoms with Crippen molar-refractivity contribution in [3.8, 4) is 11.5 Å². The van der Waals surface area contributed by atoms with Gasteiger partial charge in [0.15, 0.2) is 0 Å². The molecule has 0 spiro atoms. The zero-order chi connectivity index (χ0) is 18.6. The molecule has 1 aromatic heterocycles. The number of methoxy groups -OCH3 is 2. The normalized spacial score (nSPS) is 13.8. The molecule has 0 amide bonds. The highest BCUT2D eigenvalue weighted by molar-refractivity contribution is 5.90. The van der Waals surface area contributed by atoms with Crippen LogP contribution >= 0.6 is 0 Å². The third-order valence-corrected chi connectivity index (χ3v) is 4.91. The van der Waals surface area contributed by atoms with Crippen LogP contribution in [0.25, 0.3) is 10.9 Å². The molecule has 4 rings (SSSR count).